The molecule has 2 aliphatic heterocycles. The third kappa shape index (κ3) is 5.32. The number of hydrogen-bond donors (Lipinski definition) is 1. The second-order valence-electron chi connectivity index (χ2n) is 8.13. The highest BCUT2D eigenvalue weighted by atomic mass is 32.2. The largest absolute Gasteiger partial charge is 0.486 e. The molecule has 182 valence electrons. The van der Waals surface area contributed by atoms with Crippen molar-refractivity contribution in [2.45, 2.75) is 17.9 Å². The van der Waals surface area contributed by atoms with Crippen LogP contribution in [0.4, 0.5) is 5.69 Å². The summed E-state index contributed by atoms with van der Waals surface area (Å²) < 4.78 is 43.6. The molecular weight excluding hydrogens is 462 g/mol. The number of esters is 1. The molecule has 1 unspecified atom stereocenters. The highest BCUT2D eigenvalue weighted by Gasteiger charge is 2.28. The van der Waals surface area contributed by atoms with E-state index in [4.69, 9.17) is 14.2 Å². The lowest BCUT2D eigenvalue weighted by molar-refractivity contribution is -0.123. The Balaban J connectivity index is 1.40. The number of ether oxygens (including phenoxy) is 3. The molecule has 1 amide bonds. The maximum absolute atomic E-state index is 13.0. The van der Waals surface area contributed by atoms with Crippen LogP contribution in [-0.4, -0.2) is 82.0 Å². The molecule has 34 heavy (non-hydrogen) atoms. The van der Waals surface area contributed by atoms with Crippen LogP contribution in [0.15, 0.2) is 47.4 Å². The van der Waals surface area contributed by atoms with Gasteiger partial charge in [0.1, 0.15) is 13.2 Å². The van der Waals surface area contributed by atoms with E-state index >= 15 is 0 Å². The second-order valence-corrected chi connectivity index (χ2v) is 10.1. The Hall–Kier alpha value is -3.15. The number of benzene rings is 2. The molecule has 0 saturated carbocycles. The van der Waals surface area contributed by atoms with Gasteiger partial charge in [0.15, 0.2) is 17.6 Å². The predicted molar refractivity (Wildman–Crippen MR) is 124 cm³/mol. The average molecular weight is 490 g/mol. The van der Waals surface area contributed by atoms with Crippen molar-refractivity contribution in [2.24, 2.45) is 0 Å². The minimum absolute atomic E-state index is 0.0138. The molecule has 0 bridgehead atoms. The molecule has 1 saturated heterocycles. The summed E-state index contributed by atoms with van der Waals surface area (Å²) >= 11 is 0. The van der Waals surface area contributed by atoms with Gasteiger partial charge in [0, 0.05) is 37.9 Å². The maximum atomic E-state index is 13.0. The summed E-state index contributed by atoms with van der Waals surface area (Å²) in [5.41, 5.74) is 0.520. The number of hydrogen-bond acceptors (Lipinski definition) is 8. The number of nitrogens with zero attached hydrogens (tertiary/aromatic N) is 2. The van der Waals surface area contributed by atoms with E-state index in [0.29, 0.717) is 56.6 Å². The monoisotopic (exact) mass is 489 g/mol. The van der Waals surface area contributed by atoms with Crippen LogP contribution < -0.4 is 14.8 Å². The topological polar surface area (TPSA) is 114 Å². The van der Waals surface area contributed by atoms with E-state index in [9.17, 15) is 18.0 Å². The zero-order valence-electron chi connectivity index (χ0n) is 19.0. The summed E-state index contributed by atoms with van der Waals surface area (Å²) in [4.78, 5) is 27.3. The van der Waals surface area contributed by atoms with Crippen LogP contribution in [0.5, 0.6) is 11.5 Å². The number of piperazine rings is 1. The Kier molecular flexibility index (Phi) is 7.05. The molecule has 0 radical (unpaired) electrons. The van der Waals surface area contributed by atoms with Crippen molar-refractivity contribution in [1.29, 1.82) is 0 Å². The smallest absolute Gasteiger partial charge is 0.338 e. The number of carbonyl (C=O) groups excluding carboxylic acids is 2. The fourth-order valence-electron chi connectivity index (χ4n) is 3.61. The van der Waals surface area contributed by atoms with Gasteiger partial charge in [-0.3, -0.25) is 4.79 Å². The van der Waals surface area contributed by atoms with E-state index in [1.165, 1.54) is 35.5 Å². The van der Waals surface area contributed by atoms with Crippen LogP contribution in [0.25, 0.3) is 0 Å². The molecule has 11 heteroatoms. The van der Waals surface area contributed by atoms with E-state index in [2.05, 4.69) is 10.2 Å². The van der Waals surface area contributed by atoms with Gasteiger partial charge in [-0.15, -0.1) is 0 Å². The summed E-state index contributed by atoms with van der Waals surface area (Å²) in [6.45, 7) is 4.35. The Morgan fingerprint density at radius 1 is 1.00 bits per heavy atom. The van der Waals surface area contributed by atoms with Crippen molar-refractivity contribution in [3.63, 3.8) is 0 Å². The molecule has 10 nitrogen and oxygen atoms in total. The Morgan fingerprint density at radius 2 is 1.71 bits per heavy atom. The first kappa shape index (κ1) is 24.0. The van der Waals surface area contributed by atoms with E-state index in [1.54, 1.807) is 18.2 Å². The standard InChI is InChI=1S/C23H27N3O7S/c1-16(22(27)24-18-6-7-20-21(15-18)32-13-12-31-20)33-23(28)17-4-3-5-19(14-17)34(29,30)26-10-8-25(2)9-11-26/h3-7,14-16H,8-13H2,1-2H3,(H,24,27). The first-order valence-corrected chi connectivity index (χ1v) is 12.4. The van der Waals surface area contributed by atoms with Gasteiger partial charge in [-0.1, -0.05) is 6.07 Å². The van der Waals surface area contributed by atoms with Gasteiger partial charge >= 0.3 is 5.97 Å². The first-order chi connectivity index (χ1) is 16.2. The molecule has 2 aromatic carbocycles. The fourth-order valence-corrected chi connectivity index (χ4v) is 5.08. The minimum atomic E-state index is -3.74. The molecular formula is C23H27N3O7S. The lowest BCUT2D eigenvalue weighted by Gasteiger charge is -2.31. The maximum Gasteiger partial charge on any atom is 0.338 e. The van der Waals surface area contributed by atoms with Crippen molar-refractivity contribution in [1.82, 2.24) is 9.21 Å². The highest BCUT2D eigenvalue weighted by molar-refractivity contribution is 7.89. The number of nitrogens with one attached hydrogen (secondary N) is 1. The number of rotatable bonds is 6. The summed E-state index contributed by atoms with van der Waals surface area (Å²) in [7, 11) is -1.80. The van der Waals surface area contributed by atoms with Crippen LogP contribution in [-0.2, 0) is 19.6 Å². The third-order valence-electron chi connectivity index (χ3n) is 5.63. The van der Waals surface area contributed by atoms with Gasteiger partial charge < -0.3 is 24.4 Å². The Bertz CT molecular complexity index is 1180. The van der Waals surface area contributed by atoms with Crippen LogP contribution in [0, 0.1) is 0 Å². The lowest BCUT2D eigenvalue weighted by Crippen LogP contribution is -2.47. The van der Waals surface area contributed by atoms with Crippen LogP contribution >= 0.6 is 0 Å². The van der Waals surface area contributed by atoms with E-state index < -0.39 is 28.0 Å². The average Bonchev–Trinajstić information content (AvgIpc) is 2.84. The number of amides is 1. The molecule has 2 heterocycles. The zero-order valence-corrected chi connectivity index (χ0v) is 19.8. The van der Waals surface area contributed by atoms with Crippen molar-refractivity contribution >= 4 is 27.6 Å². The third-order valence-corrected chi connectivity index (χ3v) is 7.53. The molecule has 0 aliphatic carbocycles. The highest BCUT2D eigenvalue weighted by Crippen LogP contribution is 2.32. The summed E-state index contributed by atoms with van der Waals surface area (Å²) in [6.07, 6.45) is -1.11. The molecule has 2 aromatic rings. The fraction of sp³-hybridized carbons (Fsp3) is 0.391. The van der Waals surface area contributed by atoms with Crippen LogP contribution in [0.3, 0.4) is 0 Å². The first-order valence-electron chi connectivity index (χ1n) is 10.9. The zero-order chi connectivity index (χ0) is 24.3. The summed E-state index contributed by atoms with van der Waals surface area (Å²) in [5.74, 6) is -0.214. The van der Waals surface area contributed by atoms with Gasteiger partial charge in [0.05, 0.1) is 10.5 Å². The number of sulfonamides is 1. The molecule has 2 aliphatic rings. The normalized spacial score (nSPS) is 17.6. The molecule has 1 N–H and O–H groups in total. The molecule has 4 rings (SSSR count). The number of likely N-dealkylation sites (N-methyl/N-ethyl adjacent to an activating group) is 1. The van der Waals surface area contributed by atoms with Gasteiger partial charge in [-0.05, 0) is 44.3 Å². The van der Waals surface area contributed by atoms with Crippen molar-refractivity contribution in [3.05, 3.63) is 48.0 Å². The number of anilines is 1. The lowest BCUT2D eigenvalue weighted by atomic mass is 10.2. The molecule has 1 fully saturated rings. The quantitative estimate of drug-likeness (QED) is 0.609. The van der Waals surface area contributed by atoms with Crippen LogP contribution in [0.2, 0.25) is 0 Å². The number of fused-ring (bicyclic) bond motifs is 1. The second kappa shape index (κ2) is 10.00. The van der Waals surface area contributed by atoms with E-state index in [-0.39, 0.29) is 10.5 Å². The van der Waals surface area contributed by atoms with E-state index in [1.807, 2.05) is 7.05 Å². The SMILES string of the molecule is CC(OC(=O)c1cccc(S(=O)(=O)N2CCN(C)CC2)c1)C(=O)Nc1ccc2c(c1)OCCO2. The minimum Gasteiger partial charge on any atom is -0.486 e. The van der Waals surface area contributed by atoms with Crippen molar-refractivity contribution < 1.29 is 32.2 Å². The van der Waals surface area contributed by atoms with Gasteiger partial charge in [-0.25, -0.2) is 13.2 Å². The summed E-state index contributed by atoms with van der Waals surface area (Å²) in [6, 6.07) is 10.6. The van der Waals surface area contributed by atoms with Gasteiger partial charge in [0.2, 0.25) is 10.0 Å². The predicted octanol–water partition coefficient (Wildman–Crippen LogP) is 1.58. The van der Waals surface area contributed by atoms with E-state index in [0.717, 1.165) is 0 Å². The molecule has 1 atom stereocenters. The van der Waals surface area contributed by atoms with Crippen LogP contribution in [0.1, 0.15) is 17.3 Å². The van der Waals surface area contributed by atoms with Gasteiger partial charge in [0.25, 0.3) is 5.91 Å². The van der Waals surface area contributed by atoms with Gasteiger partial charge in [-0.2, -0.15) is 4.31 Å². The van der Waals surface area contributed by atoms with Crippen molar-refractivity contribution in [2.75, 3.05) is 51.8 Å². The molecule has 0 spiro atoms. The van der Waals surface area contributed by atoms with Crippen molar-refractivity contribution in [3.8, 4) is 11.5 Å². The Morgan fingerprint density at radius 3 is 2.44 bits per heavy atom. The Labute approximate surface area is 198 Å². The summed E-state index contributed by atoms with van der Waals surface area (Å²) in [5, 5.41) is 2.67. The molecule has 0 aromatic heterocycles. The number of carbonyl (C=O) groups is 2.